The Labute approximate surface area is 208 Å². The van der Waals surface area contributed by atoms with Crippen LogP contribution in [0.4, 0.5) is 5.69 Å². The maximum Gasteiger partial charge on any atom is 0.214 e. The van der Waals surface area contributed by atoms with Crippen molar-refractivity contribution in [3.63, 3.8) is 0 Å². The molecule has 8 nitrogen and oxygen atoms in total. The highest BCUT2D eigenvalue weighted by molar-refractivity contribution is 7.89. The lowest BCUT2D eigenvalue weighted by molar-refractivity contribution is 0.318. The molecule has 1 unspecified atom stereocenters. The molecule has 9 heteroatoms. The number of anilines is 1. The lowest BCUT2D eigenvalue weighted by Crippen LogP contribution is -2.31. The van der Waals surface area contributed by atoms with E-state index >= 15 is 0 Å². The number of benzene rings is 2. The van der Waals surface area contributed by atoms with Crippen molar-refractivity contribution in [1.82, 2.24) is 14.6 Å². The summed E-state index contributed by atoms with van der Waals surface area (Å²) in [6.07, 6.45) is 0.852. The highest BCUT2D eigenvalue weighted by Gasteiger charge is 2.49. The van der Waals surface area contributed by atoms with Crippen LogP contribution in [0.25, 0.3) is 22.2 Å². The first-order chi connectivity index (χ1) is 16.8. The Hall–Kier alpha value is -2.88. The van der Waals surface area contributed by atoms with Gasteiger partial charge in [-0.2, -0.15) is 0 Å². The third kappa shape index (κ3) is 4.68. The molecular formula is C26H34N4O4S. The molecule has 1 N–H and O–H groups in total. The van der Waals surface area contributed by atoms with E-state index in [9.17, 15) is 8.42 Å². The highest BCUT2D eigenvalue weighted by atomic mass is 32.2. The number of likely N-dealkylation sites (N-methyl/N-ethyl adjacent to an activating group) is 1. The number of hydrogen-bond donors (Lipinski definition) is 1. The Morgan fingerprint density at radius 3 is 2.57 bits per heavy atom. The van der Waals surface area contributed by atoms with Crippen LogP contribution in [0.5, 0.6) is 11.5 Å². The number of methoxy groups -OCH3 is 1. The van der Waals surface area contributed by atoms with Crippen molar-refractivity contribution in [3.8, 4) is 22.8 Å². The van der Waals surface area contributed by atoms with Crippen LogP contribution < -0.4 is 19.7 Å². The Kier molecular flexibility index (Phi) is 6.33. The summed E-state index contributed by atoms with van der Waals surface area (Å²) in [5.41, 5.74) is 3.55. The molecule has 2 aromatic carbocycles. The first-order valence-corrected chi connectivity index (χ1v) is 13.5. The van der Waals surface area contributed by atoms with E-state index in [2.05, 4.69) is 16.3 Å². The average molecular weight is 499 g/mol. The molecular weight excluding hydrogens is 464 g/mol. The molecule has 0 aliphatic carbocycles. The third-order valence-electron chi connectivity index (χ3n) is 7.07. The molecule has 2 fully saturated rings. The number of pyridine rings is 1. The van der Waals surface area contributed by atoms with Crippen LogP contribution in [0.2, 0.25) is 0 Å². The molecule has 0 amide bonds. The highest BCUT2D eigenvalue weighted by Crippen LogP contribution is 2.43. The molecule has 1 aromatic heterocycles. The number of nitrogens with one attached hydrogen (secondary N) is 1. The second-order valence-electron chi connectivity index (χ2n) is 9.57. The maximum atomic E-state index is 12.5. The summed E-state index contributed by atoms with van der Waals surface area (Å²) >= 11 is 0. The molecule has 2 aliphatic rings. The number of rotatable bonds is 7. The SMILES string of the molecule is CNCCOc1ccc(-c2cc(N3CCC4(C3)CN(C)S(=O)(=O)C4)c3ccc(OC)cc3n2)cc1.[HH]. The fraction of sp³-hybridized carbons (Fsp3) is 0.423. The standard InChI is InChI=1S/C26H32N4O4S.H2/c1-27-11-13-34-20-6-4-19(5-7-20)23-15-25(22-9-8-21(33-3)14-24(22)28-23)30-12-10-26(17-30)16-29(2)35(31,32)18-26;/h4-9,14-15,27H,10-13,16-18H2,1-3H3;1H. The lowest BCUT2D eigenvalue weighted by Gasteiger charge is -2.25. The van der Waals surface area contributed by atoms with Gasteiger partial charge in [-0.05, 0) is 55.9 Å². The largest absolute Gasteiger partial charge is 0.497 e. The van der Waals surface area contributed by atoms with Crippen molar-refractivity contribution >= 4 is 26.6 Å². The molecule has 1 spiro atoms. The molecule has 1 atom stereocenters. The predicted octanol–water partition coefficient (Wildman–Crippen LogP) is 3.23. The third-order valence-corrected chi connectivity index (χ3v) is 9.12. The first-order valence-electron chi connectivity index (χ1n) is 11.9. The van der Waals surface area contributed by atoms with Gasteiger partial charge in [-0.1, -0.05) is 0 Å². The molecule has 5 rings (SSSR count). The zero-order valence-corrected chi connectivity index (χ0v) is 21.3. The van der Waals surface area contributed by atoms with Crippen LogP contribution >= 0.6 is 0 Å². The zero-order valence-electron chi connectivity index (χ0n) is 20.5. The van der Waals surface area contributed by atoms with E-state index in [0.717, 1.165) is 58.9 Å². The molecule has 0 saturated carbocycles. The molecule has 188 valence electrons. The van der Waals surface area contributed by atoms with E-state index in [1.54, 1.807) is 14.2 Å². The number of nitrogens with zero attached hydrogens (tertiary/aromatic N) is 3. The smallest absolute Gasteiger partial charge is 0.214 e. The van der Waals surface area contributed by atoms with Crippen LogP contribution in [0.15, 0.2) is 48.5 Å². The molecule has 0 radical (unpaired) electrons. The fourth-order valence-electron chi connectivity index (χ4n) is 5.22. The van der Waals surface area contributed by atoms with Crippen LogP contribution in [-0.4, -0.2) is 77.5 Å². The van der Waals surface area contributed by atoms with Gasteiger partial charge in [0, 0.05) is 62.8 Å². The molecule has 0 bridgehead atoms. The van der Waals surface area contributed by atoms with Crippen LogP contribution in [-0.2, 0) is 10.0 Å². The van der Waals surface area contributed by atoms with Crippen LogP contribution in [0.3, 0.4) is 0 Å². The number of aromatic nitrogens is 1. The molecule has 2 aliphatic heterocycles. The normalized spacial score (nSPS) is 21.7. The van der Waals surface area contributed by atoms with Gasteiger partial charge in [0.25, 0.3) is 0 Å². The minimum absolute atomic E-state index is 0. The molecule has 35 heavy (non-hydrogen) atoms. The summed E-state index contributed by atoms with van der Waals surface area (Å²) in [5.74, 6) is 1.79. The van der Waals surface area contributed by atoms with E-state index in [1.807, 2.05) is 49.5 Å². The van der Waals surface area contributed by atoms with Gasteiger partial charge < -0.3 is 19.7 Å². The lowest BCUT2D eigenvalue weighted by atomic mass is 9.90. The molecule has 3 heterocycles. The summed E-state index contributed by atoms with van der Waals surface area (Å²) in [6.45, 7) is 3.49. The summed E-state index contributed by atoms with van der Waals surface area (Å²) in [4.78, 5) is 7.28. The number of hydrogen-bond acceptors (Lipinski definition) is 7. The Balaban J connectivity index is 0.00000304. The Morgan fingerprint density at radius 2 is 1.89 bits per heavy atom. The second-order valence-corrected chi connectivity index (χ2v) is 11.6. The minimum atomic E-state index is -3.18. The van der Waals surface area contributed by atoms with Crippen LogP contribution in [0, 0.1) is 5.41 Å². The van der Waals surface area contributed by atoms with Gasteiger partial charge in [0.05, 0.1) is 24.1 Å². The Morgan fingerprint density at radius 1 is 1.11 bits per heavy atom. The van der Waals surface area contributed by atoms with E-state index in [4.69, 9.17) is 14.5 Å². The van der Waals surface area contributed by atoms with Gasteiger partial charge in [-0.15, -0.1) is 0 Å². The van der Waals surface area contributed by atoms with Gasteiger partial charge in [-0.3, -0.25) is 0 Å². The van der Waals surface area contributed by atoms with Gasteiger partial charge in [0.2, 0.25) is 10.0 Å². The molecule has 3 aromatic rings. The number of fused-ring (bicyclic) bond motifs is 1. The van der Waals surface area contributed by atoms with Crippen molar-refractivity contribution < 1.29 is 19.3 Å². The topological polar surface area (TPSA) is 84.0 Å². The Bertz CT molecular complexity index is 1340. The summed E-state index contributed by atoms with van der Waals surface area (Å²) in [6, 6.07) is 16.0. The maximum absolute atomic E-state index is 12.5. The van der Waals surface area contributed by atoms with E-state index in [-0.39, 0.29) is 12.6 Å². The van der Waals surface area contributed by atoms with Crippen LogP contribution in [0.1, 0.15) is 7.85 Å². The zero-order chi connectivity index (χ0) is 24.6. The first kappa shape index (κ1) is 23.8. The fourth-order valence-corrected chi connectivity index (χ4v) is 7.01. The van der Waals surface area contributed by atoms with Crippen molar-refractivity contribution in [3.05, 3.63) is 48.5 Å². The molecule has 2 saturated heterocycles. The van der Waals surface area contributed by atoms with E-state index < -0.39 is 10.0 Å². The van der Waals surface area contributed by atoms with Crippen molar-refractivity contribution in [2.75, 3.05) is 64.6 Å². The number of sulfonamides is 1. The minimum Gasteiger partial charge on any atom is -0.497 e. The monoisotopic (exact) mass is 498 g/mol. The van der Waals surface area contributed by atoms with E-state index in [0.29, 0.717) is 19.7 Å². The summed E-state index contributed by atoms with van der Waals surface area (Å²) in [7, 11) is 2.06. The van der Waals surface area contributed by atoms with Gasteiger partial charge in [0.15, 0.2) is 0 Å². The quantitative estimate of drug-likeness (QED) is 0.501. The van der Waals surface area contributed by atoms with E-state index in [1.165, 1.54) is 4.31 Å². The predicted molar refractivity (Wildman–Crippen MR) is 141 cm³/mol. The van der Waals surface area contributed by atoms with Crippen molar-refractivity contribution in [2.24, 2.45) is 5.41 Å². The number of ether oxygens (including phenoxy) is 2. The summed E-state index contributed by atoms with van der Waals surface area (Å²) in [5, 5.41) is 4.11. The average Bonchev–Trinajstić information content (AvgIpc) is 3.35. The van der Waals surface area contributed by atoms with Gasteiger partial charge in [-0.25, -0.2) is 17.7 Å². The summed E-state index contributed by atoms with van der Waals surface area (Å²) < 4.78 is 37.7. The van der Waals surface area contributed by atoms with Gasteiger partial charge >= 0.3 is 0 Å². The van der Waals surface area contributed by atoms with Crippen molar-refractivity contribution in [2.45, 2.75) is 6.42 Å². The second kappa shape index (κ2) is 9.29. The van der Waals surface area contributed by atoms with Gasteiger partial charge in [0.1, 0.15) is 18.1 Å². The van der Waals surface area contributed by atoms with Crippen molar-refractivity contribution in [1.29, 1.82) is 0 Å².